The Labute approximate surface area is 126 Å². The Kier molecular flexibility index (Phi) is 4.65. The van der Waals surface area contributed by atoms with Gasteiger partial charge in [-0.3, -0.25) is 0 Å². The molecule has 2 nitrogen and oxygen atoms in total. The molecule has 1 saturated carbocycles. The highest BCUT2D eigenvalue weighted by atomic mass is 35.5. The topological polar surface area (TPSA) is 6.48 Å². The second-order valence-electron chi connectivity index (χ2n) is 5.71. The van der Waals surface area contributed by atoms with E-state index in [-0.39, 0.29) is 5.54 Å². The molecule has 19 heavy (non-hydrogen) atoms. The molecule has 0 saturated heterocycles. The van der Waals surface area contributed by atoms with Crippen LogP contribution in [-0.2, 0) is 5.88 Å². The van der Waals surface area contributed by atoms with Gasteiger partial charge in [0.25, 0.3) is 0 Å². The van der Waals surface area contributed by atoms with Gasteiger partial charge in [0.15, 0.2) is 0 Å². The first-order valence-electron chi connectivity index (χ1n) is 6.72. The summed E-state index contributed by atoms with van der Waals surface area (Å²) in [6.07, 6.45) is 3.83. The summed E-state index contributed by atoms with van der Waals surface area (Å²) in [5.74, 6) is 0.495. The highest BCUT2D eigenvalue weighted by Crippen LogP contribution is 2.39. The minimum atomic E-state index is 0.289. The predicted molar refractivity (Wildman–Crippen MR) is 84.5 cm³/mol. The molecule has 0 aromatic heterocycles. The molecular formula is C15H22Cl2N2. The molecule has 0 bridgehead atoms. The van der Waals surface area contributed by atoms with E-state index in [1.54, 1.807) is 0 Å². The number of benzene rings is 1. The van der Waals surface area contributed by atoms with Gasteiger partial charge in [-0.2, -0.15) is 0 Å². The maximum absolute atomic E-state index is 6.36. The van der Waals surface area contributed by atoms with Gasteiger partial charge in [0.05, 0.1) is 10.7 Å². The largest absolute Gasteiger partial charge is 0.371 e. The second kappa shape index (κ2) is 5.90. The molecule has 0 heterocycles. The number of nitrogens with zero attached hydrogens (tertiary/aromatic N) is 2. The smallest absolute Gasteiger partial charge is 0.0642 e. The zero-order valence-corrected chi connectivity index (χ0v) is 13.4. The van der Waals surface area contributed by atoms with Crippen molar-refractivity contribution in [1.29, 1.82) is 0 Å². The molecule has 0 spiro atoms. The summed E-state index contributed by atoms with van der Waals surface area (Å²) in [5.41, 5.74) is 2.47. The second-order valence-corrected chi connectivity index (χ2v) is 6.38. The SMILES string of the molecule is CN(CC1(N(C)C)CCC1)c1c(Cl)cccc1CCl. The summed E-state index contributed by atoms with van der Waals surface area (Å²) >= 11 is 12.4. The van der Waals surface area contributed by atoms with Crippen molar-refractivity contribution < 1.29 is 0 Å². The van der Waals surface area contributed by atoms with Crippen LogP contribution in [0.15, 0.2) is 18.2 Å². The average Bonchev–Trinajstić information content (AvgIpc) is 2.32. The number of anilines is 1. The number of hydrogen-bond donors (Lipinski definition) is 0. The van der Waals surface area contributed by atoms with Crippen LogP contribution in [0.1, 0.15) is 24.8 Å². The fourth-order valence-corrected chi connectivity index (χ4v) is 3.50. The molecule has 0 atom stereocenters. The van der Waals surface area contributed by atoms with Gasteiger partial charge < -0.3 is 9.80 Å². The van der Waals surface area contributed by atoms with Crippen LogP contribution in [-0.4, -0.2) is 38.1 Å². The Morgan fingerprint density at radius 2 is 1.89 bits per heavy atom. The molecule has 1 fully saturated rings. The number of rotatable bonds is 5. The van der Waals surface area contributed by atoms with E-state index >= 15 is 0 Å². The van der Waals surface area contributed by atoms with Gasteiger partial charge in [-0.15, -0.1) is 11.6 Å². The maximum atomic E-state index is 6.36. The maximum Gasteiger partial charge on any atom is 0.0642 e. The van der Waals surface area contributed by atoms with Gasteiger partial charge >= 0.3 is 0 Å². The lowest BCUT2D eigenvalue weighted by molar-refractivity contribution is 0.0683. The minimum absolute atomic E-state index is 0.289. The summed E-state index contributed by atoms with van der Waals surface area (Å²) in [7, 11) is 6.45. The van der Waals surface area contributed by atoms with Crippen LogP contribution < -0.4 is 4.90 Å². The summed E-state index contributed by atoms with van der Waals surface area (Å²) in [6.45, 7) is 0.994. The van der Waals surface area contributed by atoms with Gasteiger partial charge in [0.1, 0.15) is 0 Å². The Hall–Kier alpha value is -0.440. The third kappa shape index (κ3) is 2.86. The molecule has 2 rings (SSSR count). The van der Waals surface area contributed by atoms with Gasteiger partial charge in [-0.1, -0.05) is 23.7 Å². The molecule has 1 aromatic carbocycles. The molecular weight excluding hydrogens is 279 g/mol. The molecule has 4 heteroatoms. The summed E-state index contributed by atoms with van der Waals surface area (Å²) in [6, 6.07) is 5.95. The molecule has 1 aliphatic carbocycles. The number of halogens is 2. The van der Waals surface area contributed by atoms with E-state index in [1.165, 1.54) is 19.3 Å². The quantitative estimate of drug-likeness (QED) is 0.759. The first kappa shape index (κ1) is 15.0. The highest BCUT2D eigenvalue weighted by molar-refractivity contribution is 6.33. The van der Waals surface area contributed by atoms with Crippen molar-refractivity contribution in [3.8, 4) is 0 Å². The fraction of sp³-hybridized carbons (Fsp3) is 0.600. The monoisotopic (exact) mass is 300 g/mol. The number of hydrogen-bond acceptors (Lipinski definition) is 2. The zero-order chi connectivity index (χ0) is 14.0. The third-order valence-electron chi connectivity index (χ3n) is 4.36. The number of alkyl halides is 1. The van der Waals surface area contributed by atoms with Crippen LogP contribution in [0, 0.1) is 0 Å². The Morgan fingerprint density at radius 3 is 2.37 bits per heavy atom. The molecule has 0 N–H and O–H groups in total. The summed E-state index contributed by atoms with van der Waals surface area (Å²) in [4.78, 5) is 4.61. The number of para-hydroxylation sites is 1. The molecule has 1 aliphatic rings. The average molecular weight is 301 g/mol. The molecule has 0 unspecified atom stereocenters. The van der Waals surface area contributed by atoms with Crippen LogP contribution in [0.4, 0.5) is 5.69 Å². The minimum Gasteiger partial charge on any atom is -0.371 e. The van der Waals surface area contributed by atoms with Crippen molar-refractivity contribution in [2.24, 2.45) is 0 Å². The molecule has 0 aliphatic heterocycles. The van der Waals surface area contributed by atoms with Crippen LogP contribution in [0.3, 0.4) is 0 Å². The Morgan fingerprint density at radius 1 is 1.21 bits per heavy atom. The van der Waals surface area contributed by atoms with Gasteiger partial charge in [0, 0.05) is 25.0 Å². The first-order chi connectivity index (χ1) is 9.00. The molecule has 106 valence electrons. The fourth-order valence-electron chi connectivity index (χ4n) is 2.95. The van der Waals surface area contributed by atoms with Crippen molar-refractivity contribution in [3.05, 3.63) is 28.8 Å². The van der Waals surface area contributed by atoms with Gasteiger partial charge in [0.2, 0.25) is 0 Å². The lowest BCUT2D eigenvalue weighted by Crippen LogP contribution is -2.56. The Balaban J connectivity index is 2.22. The van der Waals surface area contributed by atoms with Crippen LogP contribution in [0.25, 0.3) is 0 Å². The highest BCUT2D eigenvalue weighted by Gasteiger charge is 2.40. The van der Waals surface area contributed by atoms with Crippen molar-refractivity contribution in [2.45, 2.75) is 30.7 Å². The van der Waals surface area contributed by atoms with E-state index in [4.69, 9.17) is 23.2 Å². The van der Waals surface area contributed by atoms with Gasteiger partial charge in [-0.25, -0.2) is 0 Å². The Bertz CT molecular complexity index is 442. The van der Waals surface area contributed by atoms with Crippen LogP contribution >= 0.6 is 23.2 Å². The molecule has 1 aromatic rings. The number of likely N-dealkylation sites (N-methyl/N-ethyl adjacent to an activating group) is 2. The van der Waals surface area contributed by atoms with Gasteiger partial charge in [-0.05, 0) is 45.0 Å². The van der Waals surface area contributed by atoms with Crippen molar-refractivity contribution in [3.63, 3.8) is 0 Å². The van der Waals surface area contributed by atoms with Crippen molar-refractivity contribution in [1.82, 2.24) is 4.90 Å². The lowest BCUT2D eigenvalue weighted by Gasteiger charge is -2.49. The van der Waals surface area contributed by atoms with E-state index in [2.05, 4.69) is 30.9 Å². The lowest BCUT2D eigenvalue weighted by atomic mass is 9.75. The van der Waals surface area contributed by atoms with Crippen LogP contribution in [0.2, 0.25) is 5.02 Å². The third-order valence-corrected chi connectivity index (χ3v) is 4.95. The van der Waals surface area contributed by atoms with E-state index in [0.29, 0.717) is 5.88 Å². The molecule has 0 radical (unpaired) electrons. The zero-order valence-electron chi connectivity index (χ0n) is 11.9. The van der Waals surface area contributed by atoms with E-state index < -0.39 is 0 Å². The molecule has 0 amide bonds. The van der Waals surface area contributed by atoms with E-state index in [1.807, 2.05) is 18.2 Å². The first-order valence-corrected chi connectivity index (χ1v) is 7.63. The van der Waals surface area contributed by atoms with Crippen molar-refractivity contribution >= 4 is 28.9 Å². The predicted octanol–water partition coefficient (Wildman–Crippen LogP) is 4.00. The summed E-state index contributed by atoms with van der Waals surface area (Å²) in [5, 5.41) is 0.786. The van der Waals surface area contributed by atoms with E-state index in [0.717, 1.165) is 22.8 Å². The standard InChI is InChI=1S/C15H22Cl2N2/c1-18(2)15(8-5-9-15)11-19(3)14-12(10-16)6-4-7-13(14)17/h4,6-7H,5,8-11H2,1-3H3. The normalized spacial score (nSPS) is 17.4. The summed E-state index contributed by atoms with van der Waals surface area (Å²) < 4.78 is 0. The van der Waals surface area contributed by atoms with Crippen molar-refractivity contribution in [2.75, 3.05) is 32.6 Å². The van der Waals surface area contributed by atoms with E-state index in [9.17, 15) is 0 Å². The van der Waals surface area contributed by atoms with Crippen LogP contribution in [0.5, 0.6) is 0 Å².